The molecule has 5 rings (SSSR count). The van der Waals surface area contributed by atoms with Crippen molar-refractivity contribution in [2.75, 3.05) is 18.1 Å². The number of pyridine rings is 1. The van der Waals surface area contributed by atoms with Gasteiger partial charge in [0.1, 0.15) is 34.3 Å². The summed E-state index contributed by atoms with van der Waals surface area (Å²) in [7, 11) is 0. The Labute approximate surface area is 267 Å². The van der Waals surface area contributed by atoms with Crippen LogP contribution in [0.1, 0.15) is 67.9 Å². The van der Waals surface area contributed by atoms with Crippen molar-refractivity contribution in [2.45, 2.75) is 98.5 Å². The smallest absolute Gasteiger partial charge is 0.416 e. The molecule has 2 amide bonds. The molecular formula is C33H43FN6O6. The third-order valence-electron chi connectivity index (χ3n) is 7.13. The summed E-state index contributed by atoms with van der Waals surface area (Å²) in [5.41, 5.74) is 2.07. The number of aromatic amines is 1. The van der Waals surface area contributed by atoms with Crippen LogP contribution in [0.15, 0.2) is 30.6 Å². The summed E-state index contributed by atoms with van der Waals surface area (Å²) in [5, 5.41) is 3.42. The van der Waals surface area contributed by atoms with E-state index in [1.165, 1.54) is 17.0 Å². The molecule has 0 bridgehead atoms. The minimum Gasteiger partial charge on any atom is -0.444 e. The zero-order valence-electron chi connectivity index (χ0n) is 27.9. The first-order valence-electron chi connectivity index (χ1n) is 15.4. The fourth-order valence-electron chi connectivity index (χ4n) is 5.41. The average Bonchev–Trinajstić information content (AvgIpc) is 3.63. The number of aromatic nitrogens is 4. The first-order valence-corrected chi connectivity index (χ1v) is 15.4. The van der Waals surface area contributed by atoms with E-state index < -0.39 is 35.0 Å². The average molecular weight is 639 g/mol. The largest absolute Gasteiger partial charge is 0.444 e. The Morgan fingerprint density at radius 1 is 1.13 bits per heavy atom. The molecule has 0 radical (unpaired) electrons. The van der Waals surface area contributed by atoms with Crippen LogP contribution in [0.3, 0.4) is 0 Å². The lowest BCUT2D eigenvalue weighted by Crippen LogP contribution is -2.37. The predicted octanol–water partition coefficient (Wildman–Crippen LogP) is 6.66. The number of carbonyl (C=O) groups excluding carboxylic acids is 2. The van der Waals surface area contributed by atoms with E-state index in [-0.39, 0.29) is 19.2 Å². The number of anilines is 1. The quantitative estimate of drug-likeness (QED) is 0.230. The third-order valence-corrected chi connectivity index (χ3v) is 7.13. The predicted molar refractivity (Wildman–Crippen MR) is 172 cm³/mol. The summed E-state index contributed by atoms with van der Waals surface area (Å²) in [6.07, 6.45) is 0.0687. The molecular weight excluding hydrogens is 595 g/mol. The van der Waals surface area contributed by atoms with Crippen LogP contribution in [-0.2, 0) is 32.0 Å². The second-order valence-electron chi connectivity index (χ2n) is 13.8. The highest BCUT2D eigenvalue weighted by Gasteiger charge is 2.34. The fraction of sp³-hybridized carbons (Fsp3) is 0.515. The van der Waals surface area contributed by atoms with Crippen LogP contribution in [0.4, 0.5) is 19.8 Å². The number of H-pyrrole nitrogens is 1. The van der Waals surface area contributed by atoms with Crippen molar-refractivity contribution in [3.63, 3.8) is 0 Å². The van der Waals surface area contributed by atoms with E-state index in [2.05, 4.69) is 15.3 Å². The molecule has 1 atom stereocenters. The number of nitrogens with zero attached hydrogens (tertiary/aromatic N) is 4. The van der Waals surface area contributed by atoms with Gasteiger partial charge in [-0.3, -0.25) is 4.90 Å². The molecule has 1 aromatic carbocycles. The molecule has 12 nitrogen and oxygen atoms in total. The van der Waals surface area contributed by atoms with Crippen molar-refractivity contribution >= 4 is 40.1 Å². The van der Waals surface area contributed by atoms with Crippen LogP contribution in [0.5, 0.6) is 0 Å². The number of carbonyl (C=O) groups is 2. The summed E-state index contributed by atoms with van der Waals surface area (Å²) in [5.74, 6) is -0.908. The maximum atomic E-state index is 15.2. The van der Waals surface area contributed by atoms with E-state index in [9.17, 15) is 9.59 Å². The SMILES string of the molecule is CCN(C(=O)OC(C)(C)C)c1nc2c(cc(-c3cc(F)cc(CNC(=O)OC(C)(C)C)c3)n2C[C@H]2COC(C)(C)O2)c2[nH]cnc12. The molecule has 0 unspecified atom stereocenters. The summed E-state index contributed by atoms with van der Waals surface area (Å²) in [4.78, 5) is 39.8. The van der Waals surface area contributed by atoms with Crippen molar-refractivity contribution in [3.8, 4) is 11.3 Å². The van der Waals surface area contributed by atoms with E-state index in [0.29, 0.717) is 52.5 Å². The molecule has 4 aromatic rings. The Kier molecular flexibility index (Phi) is 8.77. The van der Waals surface area contributed by atoms with Crippen LogP contribution < -0.4 is 10.2 Å². The standard InChI is InChI=1S/C33H43FN6O6/c1-10-39(30(42)46-32(5,6)7)28-26-25(36-18-37-26)23-14-24(40(27(23)38-28)16-22-17-43-33(8,9)44-22)20-11-19(12-21(34)13-20)15-35-29(41)45-31(2,3)4/h11-14,18,22H,10,15-17H2,1-9H3,(H,35,41)(H,36,37)/t22-/m0/s1. The molecule has 13 heteroatoms. The van der Waals surface area contributed by atoms with Gasteiger partial charge >= 0.3 is 12.2 Å². The zero-order chi connectivity index (χ0) is 33.6. The molecule has 0 aliphatic carbocycles. The molecule has 248 valence electrons. The first-order chi connectivity index (χ1) is 21.4. The number of hydrogen-bond donors (Lipinski definition) is 2. The topological polar surface area (TPSA) is 133 Å². The van der Waals surface area contributed by atoms with E-state index in [0.717, 1.165) is 5.39 Å². The van der Waals surface area contributed by atoms with Gasteiger partial charge in [0.2, 0.25) is 0 Å². The molecule has 3 aromatic heterocycles. The Hall–Kier alpha value is -4.23. The Balaban J connectivity index is 1.64. The number of fused-ring (bicyclic) bond motifs is 3. The number of imidazole rings is 1. The number of hydrogen-bond acceptors (Lipinski definition) is 8. The van der Waals surface area contributed by atoms with Crippen LogP contribution in [-0.4, -0.2) is 68.0 Å². The molecule has 1 saturated heterocycles. The van der Waals surface area contributed by atoms with Gasteiger partial charge < -0.3 is 33.8 Å². The van der Waals surface area contributed by atoms with Crippen molar-refractivity contribution in [2.24, 2.45) is 0 Å². The van der Waals surface area contributed by atoms with Crippen molar-refractivity contribution in [1.82, 2.24) is 24.8 Å². The number of nitrogens with one attached hydrogen (secondary N) is 2. The van der Waals surface area contributed by atoms with Crippen molar-refractivity contribution < 1.29 is 32.9 Å². The number of alkyl carbamates (subject to hydrolysis) is 1. The van der Waals surface area contributed by atoms with Gasteiger partial charge in [-0.25, -0.2) is 23.9 Å². The van der Waals surface area contributed by atoms with Gasteiger partial charge in [0, 0.05) is 24.0 Å². The Morgan fingerprint density at radius 3 is 2.48 bits per heavy atom. The monoisotopic (exact) mass is 638 g/mol. The van der Waals surface area contributed by atoms with Crippen LogP contribution >= 0.6 is 0 Å². The van der Waals surface area contributed by atoms with Gasteiger partial charge in [0.05, 0.1) is 30.7 Å². The second kappa shape index (κ2) is 12.2. The highest BCUT2D eigenvalue weighted by Crippen LogP contribution is 2.37. The molecule has 4 heterocycles. The molecule has 46 heavy (non-hydrogen) atoms. The molecule has 0 saturated carbocycles. The lowest BCUT2D eigenvalue weighted by molar-refractivity contribution is -0.139. The van der Waals surface area contributed by atoms with Gasteiger partial charge in [-0.15, -0.1) is 0 Å². The second-order valence-corrected chi connectivity index (χ2v) is 13.8. The number of amides is 2. The summed E-state index contributed by atoms with van der Waals surface area (Å²) in [6, 6.07) is 6.53. The van der Waals surface area contributed by atoms with Crippen LogP contribution in [0.25, 0.3) is 33.3 Å². The molecule has 2 N–H and O–H groups in total. The van der Waals surface area contributed by atoms with E-state index >= 15 is 4.39 Å². The fourth-order valence-corrected chi connectivity index (χ4v) is 5.41. The maximum Gasteiger partial charge on any atom is 0.416 e. The molecule has 0 spiro atoms. The maximum absolute atomic E-state index is 15.2. The number of halogens is 1. The van der Waals surface area contributed by atoms with E-state index in [1.54, 1.807) is 47.9 Å². The zero-order valence-corrected chi connectivity index (χ0v) is 27.9. The highest BCUT2D eigenvalue weighted by atomic mass is 19.1. The minimum absolute atomic E-state index is 0.0577. The highest BCUT2D eigenvalue weighted by molar-refractivity contribution is 6.09. The van der Waals surface area contributed by atoms with Crippen molar-refractivity contribution in [1.29, 1.82) is 0 Å². The first kappa shape index (κ1) is 33.1. The van der Waals surface area contributed by atoms with Gasteiger partial charge in [-0.2, -0.15) is 0 Å². The lowest BCUT2D eigenvalue weighted by atomic mass is 10.1. The van der Waals surface area contributed by atoms with Crippen LogP contribution in [0, 0.1) is 5.82 Å². The van der Waals surface area contributed by atoms with Gasteiger partial charge in [0.15, 0.2) is 11.6 Å². The number of benzene rings is 1. The summed E-state index contributed by atoms with van der Waals surface area (Å²) >= 11 is 0. The van der Waals surface area contributed by atoms with E-state index in [4.69, 9.17) is 23.9 Å². The van der Waals surface area contributed by atoms with Gasteiger partial charge in [-0.1, -0.05) is 0 Å². The lowest BCUT2D eigenvalue weighted by Gasteiger charge is -2.26. The minimum atomic E-state index is -0.766. The Morgan fingerprint density at radius 2 is 1.85 bits per heavy atom. The summed E-state index contributed by atoms with van der Waals surface area (Å²) in [6.45, 7) is 17.3. The third kappa shape index (κ3) is 7.42. The summed E-state index contributed by atoms with van der Waals surface area (Å²) < 4.78 is 40.2. The molecule has 1 aliphatic heterocycles. The van der Waals surface area contributed by atoms with Crippen LogP contribution in [0.2, 0.25) is 0 Å². The van der Waals surface area contributed by atoms with Gasteiger partial charge in [-0.05, 0) is 92.1 Å². The molecule has 1 aliphatic rings. The molecule has 1 fully saturated rings. The van der Waals surface area contributed by atoms with E-state index in [1.807, 2.05) is 37.5 Å². The normalized spacial score (nSPS) is 16.6. The number of ether oxygens (including phenoxy) is 4. The van der Waals surface area contributed by atoms with Crippen molar-refractivity contribution in [3.05, 3.63) is 42.0 Å². The number of rotatable bonds is 7. The van der Waals surface area contributed by atoms with Gasteiger partial charge in [0.25, 0.3) is 0 Å². The Bertz CT molecular complexity index is 1770.